The standard InChI is InChI=1S/C14H17N3O5S2/c18-14(17-6-2-1-3-7-17)9-23(19,20)11-4-5-12-13(8-11)24(21,22)16-10-15-12/h4-5,8,10H,1-3,6-7,9H2,(H,15,16). The molecule has 130 valence electrons. The predicted octanol–water partition coefficient (Wildman–Crippen LogP) is 0.615. The minimum Gasteiger partial charge on any atom is -0.345 e. The zero-order valence-corrected chi connectivity index (χ0v) is 14.4. The zero-order valence-electron chi connectivity index (χ0n) is 12.8. The highest BCUT2D eigenvalue weighted by molar-refractivity contribution is 7.92. The van der Waals surface area contributed by atoms with Crippen molar-refractivity contribution in [1.29, 1.82) is 0 Å². The molecule has 3 rings (SSSR count). The molecular weight excluding hydrogens is 354 g/mol. The van der Waals surface area contributed by atoms with Gasteiger partial charge in [0.05, 0.1) is 10.6 Å². The number of likely N-dealkylation sites (tertiary alicyclic amines) is 1. The molecule has 1 fully saturated rings. The third-order valence-corrected chi connectivity index (χ3v) is 6.90. The first kappa shape index (κ1) is 16.9. The number of nitrogens with zero attached hydrogens (tertiary/aromatic N) is 2. The van der Waals surface area contributed by atoms with E-state index in [1.165, 1.54) is 12.1 Å². The second-order valence-electron chi connectivity index (χ2n) is 5.71. The van der Waals surface area contributed by atoms with Crippen molar-refractivity contribution in [2.75, 3.05) is 24.2 Å². The molecule has 10 heteroatoms. The molecule has 2 aliphatic heterocycles. The third-order valence-electron chi connectivity index (χ3n) is 4.02. The van der Waals surface area contributed by atoms with Crippen molar-refractivity contribution in [3.63, 3.8) is 0 Å². The number of piperidine rings is 1. The summed E-state index contributed by atoms with van der Waals surface area (Å²) in [6, 6.07) is 3.70. The summed E-state index contributed by atoms with van der Waals surface area (Å²) in [6.07, 6.45) is 3.80. The van der Waals surface area contributed by atoms with Crippen LogP contribution in [0.3, 0.4) is 0 Å². The average molecular weight is 371 g/mol. The molecule has 0 atom stereocenters. The Kier molecular flexibility index (Phi) is 4.35. The Hall–Kier alpha value is -1.94. The number of carbonyl (C=O) groups is 1. The highest BCUT2D eigenvalue weighted by Crippen LogP contribution is 2.28. The number of nitrogens with one attached hydrogen (secondary N) is 1. The van der Waals surface area contributed by atoms with Gasteiger partial charge in [-0.1, -0.05) is 0 Å². The van der Waals surface area contributed by atoms with Gasteiger partial charge in [-0.05, 0) is 37.5 Å². The third kappa shape index (κ3) is 3.29. The average Bonchev–Trinajstić information content (AvgIpc) is 2.55. The van der Waals surface area contributed by atoms with E-state index in [-0.39, 0.29) is 15.5 Å². The van der Waals surface area contributed by atoms with Gasteiger partial charge in [0.2, 0.25) is 5.91 Å². The SMILES string of the molecule is O=C(CS(=O)(=O)c1ccc2c(c1)S(=O)(=O)N=CN2)N1CCCCC1. The molecule has 1 aromatic rings. The molecule has 0 spiro atoms. The first-order chi connectivity index (χ1) is 11.3. The first-order valence-electron chi connectivity index (χ1n) is 7.49. The predicted molar refractivity (Wildman–Crippen MR) is 88.2 cm³/mol. The number of benzene rings is 1. The Morgan fingerprint density at radius 3 is 2.62 bits per heavy atom. The second kappa shape index (κ2) is 6.17. The number of hydrogen-bond donors (Lipinski definition) is 1. The molecule has 0 aromatic heterocycles. The van der Waals surface area contributed by atoms with E-state index in [1.54, 1.807) is 4.90 Å². The van der Waals surface area contributed by atoms with Crippen LogP contribution in [0.4, 0.5) is 5.69 Å². The summed E-state index contributed by atoms with van der Waals surface area (Å²) in [5.74, 6) is -1.12. The van der Waals surface area contributed by atoms with Gasteiger partial charge in [-0.25, -0.2) is 8.42 Å². The minimum absolute atomic E-state index is 0.200. The molecule has 2 aliphatic rings. The number of amides is 1. The van der Waals surface area contributed by atoms with E-state index in [9.17, 15) is 21.6 Å². The Morgan fingerprint density at radius 2 is 1.92 bits per heavy atom. The summed E-state index contributed by atoms with van der Waals surface area (Å²) in [4.78, 5) is 13.3. The zero-order chi connectivity index (χ0) is 17.4. The molecule has 1 amide bonds. The number of sulfonamides is 1. The molecule has 24 heavy (non-hydrogen) atoms. The smallest absolute Gasteiger partial charge is 0.285 e. The highest BCUT2D eigenvalue weighted by Gasteiger charge is 2.28. The number of rotatable bonds is 3. The number of hydrogen-bond acceptors (Lipinski definition) is 6. The highest BCUT2D eigenvalue weighted by atomic mass is 32.2. The van der Waals surface area contributed by atoms with Crippen LogP contribution in [0.1, 0.15) is 19.3 Å². The Bertz CT molecular complexity index is 900. The largest absolute Gasteiger partial charge is 0.345 e. The molecule has 1 saturated heterocycles. The minimum atomic E-state index is -3.93. The summed E-state index contributed by atoms with van der Waals surface area (Å²) in [6.45, 7) is 1.12. The molecule has 0 saturated carbocycles. The molecule has 0 unspecified atom stereocenters. The fourth-order valence-electron chi connectivity index (χ4n) is 2.73. The Morgan fingerprint density at radius 1 is 1.21 bits per heavy atom. The van der Waals surface area contributed by atoms with E-state index < -0.39 is 31.5 Å². The second-order valence-corrected chi connectivity index (χ2v) is 9.30. The maximum absolute atomic E-state index is 12.5. The molecule has 0 radical (unpaired) electrons. The van der Waals surface area contributed by atoms with Crippen LogP contribution in [0.5, 0.6) is 0 Å². The first-order valence-corrected chi connectivity index (χ1v) is 10.6. The Balaban J connectivity index is 1.87. The van der Waals surface area contributed by atoms with E-state index in [1.807, 2.05) is 0 Å². The number of sulfone groups is 1. The van der Waals surface area contributed by atoms with Crippen molar-refractivity contribution in [2.24, 2.45) is 4.40 Å². The van der Waals surface area contributed by atoms with Crippen molar-refractivity contribution >= 4 is 37.8 Å². The maximum atomic E-state index is 12.5. The van der Waals surface area contributed by atoms with Gasteiger partial charge in [-0.15, -0.1) is 4.40 Å². The van der Waals surface area contributed by atoms with Gasteiger partial charge in [0.15, 0.2) is 9.84 Å². The summed E-state index contributed by atoms with van der Waals surface area (Å²) in [7, 11) is -7.85. The lowest BCUT2D eigenvalue weighted by atomic mass is 10.1. The molecule has 2 heterocycles. The summed E-state index contributed by atoms with van der Waals surface area (Å²) in [5, 5.41) is 2.65. The van der Waals surface area contributed by atoms with Crippen LogP contribution < -0.4 is 5.32 Å². The molecular formula is C14H17N3O5S2. The summed E-state index contributed by atoms with van der Waals surface area (Å²) >= 11 is 0. The van der Waals surface area contributed by atoms with Gasteiger partial charge in [-0.2, -0.15) is 8.42 Å². The van der Waals surface area contributed by atoms with Gasteiger partial charge in [0.1, 0.15) is 17.0 Å². The number of anilines is 1. The quantitative estimate of drug-likeness (QED) is 0.833. The van der Waals surface area contributed by atoms with E-state index in [2.05, 4.69) is 9.71 Å². The molecule has 0 bridgehead atoms. The van der Waals surface area contributed by atoms with Crippen LogP contribution in [0.15, 0.2) is 32.4 Å². The van der Waals surface area contributed by atoms with Crippen LogP contribution >= 0.6 is 0 Å². The monoisotopic (exact) mass is 371 g/mol. The van der Waals surface area contributed by atoms with Gasteiger partial charge < -0.3 is 10.2 Å². The van der Waals surface area contributed by atoms with Crippen molar-refractivity contribution in [2.45, 2.75) is 29.1 Å². The maximum Gasteiger partial charge on any atom is 0.285 e. The van der Waals surface area contributed by atoms with Crippen LogP contribution in [-0.4, -0.2) is 52.8 Å². The van der Waals surface area contributed by atoms with Crippen LogP contribution in [0.2, 0.25) is 0 Å². The van der Waals surface area contributed by atoms with Crippen molar-refractivity contribution in [1.82, 2.24) is 4.90 Å². The fraction of sp³-hybridized carbons (Fsp3) is 0.429. The van der Waals surface area contributed by atoms with Gasteiger partial charge in [0, 0.05) is 13.1 Å². The summed E-state index contributed by atoms with van der Waals surface area (Å²) in [5.41, 5.74) is 0.256. The lowest BCUT2D eigenvalue weighted by molar-refractivity contribution is -0.129. The van der Waals surface area contributed by atoms with Crippen LogP contribution in [0, 0.1) is 0 Å². The van der Waals surface area contributed by atoms with Crippen molar-refractivity contribution in [3.8, 4) is 0 Å². The van der Waals surface area contributed by atoms with E-state index in [0.717, 1.165) is 31.7 Å². The van der Waals surface area contributed by atoms with Gasteiger partial charge >= 0.3 is 0 Å². The van der Waals surface area contributed by atoms with Gasteiger partial charge in [0.25, 0.3) is 10.0 Å². The number of fused-ring (bicyclic) bond motifs is 1. The topological polar surface area (TPSA) is 113 Å². The Labute approximate surface area is 140 Å². The van der Waals surface area contributed by atoms with E-state index in [0.29, 0.717) is 13.1 Å². The van der Waals surface area contributed by atoms with Crippen LogP contribution in [-0.2, 0) is 24.7 Å². The fourth-order valence-corrected chi connectivity index (χ4v) is 5.04. The molecule has 1 aromatic carbocycles. The van der Waals surface area contributed by atoms with Crippen LogP contribution in [0.25, 0.3) is 0 Å². The summed E-state index contributed by atoms with van der Waals surface area (Å²) < 4.78 is 52.1. The van der Waals surface area contributed by atoms with E-state index in [4.69, 9.17) is 0 Å². The molecule has 8 nitrogen and oxygen atoms in total. The van der Waals surface area contributed by atoms with Gasteiger partial charge in [-0.3, -0.25) is 4.79 Å². The molecule has 0 aliphatic carbocycles. The normalized spacial score (nSPS) is 19.4. The van der Waals surface area contributed by atoms with Crippen molar-refractivity contribution in [3.05, 3.63) is 18.2 Å². The lowest BCUT2D eigenvalue weighted by Gasteiger charge is -2.26. The number of carbonyl (C=O) groups excluding carboxylic acids is 1. The van der Waals surface area contributed by atoms with E-state index >= 15 is 0 Å². The molecule has 1 N–H and O–H groups in total. The van der Waals surface area contributed by atoms with Crippen molar-refractivity contribution < 1.29 is 21.6 Å². The lowest BCUT2D eigenvalue weighted by Crippen LogP contribution is -2.39.